The smallest absolute Gasteiger partial charge is 0.0988 e. The summed E-state index contributed by atoms with van der Waals surface area (Å²) in [6.07, 6.45) is 6.63. The van der Waals surface area contributed by atoms with E-state index in [4.69, 9.17) is 4.74 Å². The summed E-state index contributed by atoms with van der Waals surface area (Å²) in [6.45, 7) is 5.60. The molecule has 1 saturated carbocycles. The zero-order valence-electron chi connectivity index (χ0n) is 12.8. The van der Waals surface area contributed by atoms with Gasteiger partial charge >= 0.3 is 0 Å². The van der Waals surface area contributed by atoms with Gasteiger partial charge in [0.1, 0.15) is 0 Å². The van der Waals surface area contributed by atoms with E-state index >= 15 is 0 Å². The monoisotopic (exact) mass is 273 g/mol. The second kappa shape index (κ2) is 5.87. The molecule has 1 heterocycles. The molecule has 0 aromatic heterocycles. The van der Waals surface area contributed by atoms with Crippen LogP contribution in [-0.2, 0) is 4.74 Å². The van der Waals surface area contributed by atoms with Crippen molar-refractivity contribution in [2.75, 3.05) is 6.54 Å². The van der Waals surface area contributed by atoms with Crippen molar-refractivity contribution < 1.29 is 4.74 Å². The second-order valence-electron chi connectivity index (χ2n) is 6.84. The maximum atomic E-state index is 6.71. The first kappa shape index (κ1) is 14.1. The van der Waals surface area contributed by atoms with Gasteiger partial charge in [-0.05, 0) is 24.3 Å². The Hall–Kier alpha value is -0.860. The molecule has 110 valence electrons. The van der Waals surface area contributed by atoms with Gasteiger partial charge in [0, 0.05) is 12.6 Å². The van der Waals surface area contributed by atoms with Crippen LogP contribution in [0, 0.1) is 5.92 Å². The highest BCUT2D eigenvalue weighted by atomic mass is 16.5. The van der Waals surface area contributed by atoms with Crippen LogP contribution < -0.4 is 5.32 Å². The minimum Gasteiger partial charge on any atom is -0.364 e. The minimum atomic E-state index is 0.0874. The van der Waals surface area contributed by atoms with Crippen molar-refractivity contribution in [3.05, 3.63) is 35.9 Å². The molecule has 2 fully saturated rings. The maximum absolute atomic E-state index is 6.71. The van der Waals surface area contributed by atoms with Crippen molar-refractivity contribution in [2.24, 2.45) is 5.92 Å². The molecule has 1 saturated heterocycles. The van der Waals surface area contributed by atoms with Gasteiger partial charge in [-0.2, -0.15) is 0 Å². The fraction of sp³-hybridized carbons (Fsp3) is 0.667. The Morgan fingerprint density at radius 1 is 1.10 bits per heavy atom. The summed E-state index contributed by atoms with van der Waals surface area (Å²) >= 11 is 0. The standard InChI is InChI=1S/C18H27NO/c1-14(2)16-17(15-9-5-3-6-10-15)20-18(13-19-16)11-7-4-8-12-18/h3,5-6,9-10,14,16-17,19H,4,7-8,11-13H2,1-2H3. The quantitative estimate of drug-likeness (QED) is 0.877. The predicted molar refractivity (Wildman–Crippen MR) is 82.7 cm³/mol. The highest BCUT2D eigenvalue weighted by Crippen LogP contribution is 2.41. The molecular weight excluding hydrogens is 246 g/mol. The molecule has 0 bridgehead atoms. The van der Waals surface area contributed by atoms with Gasteiger partial charge in [-0.1, -0.05) is 63.4 Å². The number of morpholine rings is 1. The van der Waals surface area contributed by atoms with E-state index in [0.29, 0.717) is 12.0 Å². The van der Waals surface area contributed by atoms with Crippen molar-refractivity contribution in [2.45, 2.75) is 63.7 Å². The van der Waals surface area contributed by atoms with Crippen LogP contribution in [0.2, 0.25) is 0 Å². The van der Waals surface area contributed by atoms with Gasteiger partial charge in [0.05, 0.1) is 11.7 Å². The average Bonchev–Trinajstić information content (AvgIpc) is 2.48. The Morgan fingerprint density at radius 2 is 1.80 bits per heavy atom. The zero-order chi connectivity index (χ0) is 14.0. The lowest BCUT2D eigenvalue weighted by Gasteiger charge is -2.49. The molecule has 1 aromatic rings. The lowest BCUT2D eigenvalue weighted by Crippen LogP contribution is -2.57. The molecule has 1 aromatic carbocycles. The third-order valence-electron chi connectivity index (χ3n) is 4.97. The molecule has 2 unspecified atom stereocenters. The maximum Gasteiger partial charge on any atom is 0.0988 e. The number of hydrogen-bond donors (Lipinski definition) is 1. The van der Waals surface area contributed by atoms with E-state index in [0.717, 1.165) is 6.54 Å². The first-order valence-electron chi connectivity index (χ1n) is 8.16. The van der Waals surface area contributed by atoms with Crippen LogP contribution in [0.1, 0.15) is 57.6 Å². The van der Waals surface area contributed by atoms with E-state index in [1.165, 1.54) is 37.7 Å². The highest BCUT2D eigenvalue weighted by molar-refractivity contribution is 5.21. The van der Waals surface area contributed by atoms with Crippen LogP contribution in [0.4, 0.5) is 0 Å². The van der Waals surface area contributed by atoms with E-state index in [-0.39, 0.29) is 11.7 Å². The third kappa shape index (κ3) is 2.77. The third-order valence-corrected chi connectivity index (χ3v) is 4.97. The van der Waals surface area contributed by atoms with E-state index in [9.17, 15) is 0 Å². The van der Waals surface area contributed by atoms with E-state index in [2.05, 4.69) is 49.5 Å². The summed E-state index contributed by atoms with van der Waals surface area (Å²) in [5.74, 6) is 0.584. The Labute approximate surface area is 122 Å². The van der Waals surface area contributed by atoms with Gasteiger partial charge in [0.25, 0.3) is 0 Å². The molecule has 20 heavy (non-hydrogen) atoms. The van der Waals surface area contributed by atoms with Gasteiger partial charge in [-0.3, -0.25) is 0 Å². The molecule has 0 radical (unpaired) electrons. The van der Waals surface area contributed by atoms with Crippen LogP contribution >= 0.6 is 0 Å². The zero-order valence-corrected chi connectivity index (χ0v) is 12.8. The van der Waals surface area contributed by atoms with Crippen molar-refractivity contribution in [1.82, 2.24) is 5.32 Å². The van der Waals surface area contributed by atoms with Crippen LogP contribution in [0.3, 0.4) is 0 Å². The van der Waals surface area contributed by atoms with Crippen molar-refractivity contribution in [3.8, 4) is 0 Å². The van der Waals surface area contributed by atoms with Crippen LogP contribution in [0.15, 0.2) is 30.3 Å². The van der Waals surface area contributed by atoms with Crippen LogP contribution in [-0.4, -0.2) is 18.2 Å². The Bertz CT molecular complexity index is 422. The molecule has 1 aliphatic carbocycles. The SMILES string of the molecule is CC(C)C1NCC2(CCCCC2)OC1c1ccccc1. The average molecular weight is 273 g/mol. The molecule has 2 aliphatic rings. The Morgan fingerprint density at radius 3 is 2.45 bits per heavy atom. The van der Waals surface area contributed by atoms with E-state index < -0.39 is 0 Å². The van der Waals surface area contributed by atoms with Crippen molar-refractivity contribution in [1.29, 1.82) is 0 Å². The van der Waals surface area contributed by atoms with Crippen molar-refractivity contribution >= 4 is 0 Å². The number of ether oxygens (including phenoxy) is 1. The molecule has 1 aliphatic heterocycles. The molecule has 2 atom stereocenters. The molecule has 0 amide bonds. The summed E-state index contributed by atoms with van der Waals surface area (Å²) in [5.41, 5.74) is 1.41. The minimum absolute atomic E-state index is 0.0874. The van der Waals surface area contributed by atoms with Gasteiger partial charge < -0.3 is 10.1 Å². The van der Waals surface area contributed by atoms with Crippen molar-refractivity contribution in [3.63, 3.8) is 0 Å². The molecule has 2 nitrogen and oxygen atoms in total. The van der Waals surface area contributed by atoms with E-state index in [1.807, 2.05) is 0 Å². The molecule has 2 heteroatoms. The summed E-state index contributed by atoms with van der Waals surface area (Å²) in [7, 11) is 0. The van der Waals surface area contributed by atoms with Gasteiger partial charge in [0.15, 0.2) is 0 Å². The fourth-order valence-electron chi connectivity index (χ4n) is 3.79. The van der Waals surface area contributed by atoms with Gasteiger partial charge in [-0.15, -0.1) is 0 Å². The topological polar surface area (TPSA) is 21.3 Å². The van der Waals surface area contributed by atoms with Crippen LogP contribution in [0.5, 0.6) is 0 Å². The largest absolute Gasteiger partial charge is 0.364 e. The van der Waals surface area contributed by atoms with Crippen LogP contribution in [0.25, 0.3) is 0 Å². The Kier molecular flexibility index (Phi) is 4.13. The second-order valence-corrected chi connectivity index (χ2v) is 6.84. The highest BCUT2D eigenvalue weighted by Gasteiger charge is 2.43. The fourth-order valence-corrected chi connectivity index (χ4v) is 3.79. The lowest BCUT2D eigenvalue weighted by molar-refractivity contribution is -0.159. The summed E-state index contributed by atoms with van der Waals surface area (Å²) < 4.78 is 6.71. The predicted octanol–water partition coefficient (Wildman–Crippen LogP) is 4.08. The molecular formula is C18H27NO. The van der Waals surface area contributed by atoms with Gasteiger partial charge in [0.2, 0.25) is 0 Å². The number of nitrogens with one attached hydrogen (secondary N) is 1. The van der Waals surface area contributed by atoms with Gasteiger partial charge in [-0.25, -0.2) is 0 Å². The molecule has 1 N–H and O–H groups in total. The lowest BCUT2D eigenvalue weighted by atomic mass is 9.80. The number of hydrogen-bond acceptors (Lipinski definition) is 2. The summed E-state index contributed by atoms with van der Waals surface area (Å²) in [5, 5.41) is 3.80. The molecule has 1 spiro atoms. The first-order valence-corrected chi connectivity index (χ1v) is 8.16. The first-order chi connectivity index (χ1) is 9.70. The number of rotatable bonds is 2. The van der Waals surface area contributed by atoms with E-state index in [1.54, 1.807) is 0 Å². The molecule has 3 rings (SSSR count). The summed E-state index contributed by atoms with van der Waals surface area (Å²) in [4.78, 5) is 0. The number of benzene rings is 1. The normalized spacial score (nSPS) is 29.8. The Balaban J connectivity index is 1.85. The summed E-state index contributed by atoms with van der Waals surface area (Å²) in [6, 6.07) is 11.2.